The molecule has 1 fully saturated rings. The van der Waals surface area contributed by atoms with Crippen molar-refractivity contribution < 1.29 is 13.9 Å². The minimum absolute atomic E-state index is 0.0155. The van der Waals surface area contributed by atoms with Crippen LogP contribution in [0, 0.1) is 0 Å². The number of rotatable bonds is 6. The van der Waals surface area contributed by atoms with E-state index in [1.54, 1.807) is 24.9 Å². The van der Waals surface area contributed by atoms with Crippen molar-refractivity contribution in [1.82, 2.24) is 9.88 Å². The number of para-hydroxylation sites is 2. The van der Waals surface area contributed by atoms with Crippen molar-refractivity contribution in [2.45, 2.75) is 25.4 Å². The third kappa shape index (κ3) is 4.17. The first kappa shape index (κ1) is 17.3. The van der Waals surface area contributed by atoms with Crippen molar-refractivity contribution in [2.24, 2.45) is 0 Å². The Morgan fingerprint density at radius 2 is 2.19 bits per heavy atom. The number of anilines is 1. The molecule has 1 N–H and O–H groups in total. The first-order chi connectivity index (χ1) is 13.3. The molecule has 1 aromatic carbocycles. The molecule has 3 aromatic rings. The van der Waals surface area contributed by atoms with E-state index in [2.05, 4.69) is 15.2 Å². The lowest BCUT2D eigenvalue weighted by Gasteiger charge is -2.23. The minimum Gasteiger partial charge on any atom is -0.472 e. The number of carbonyl (C=O) groups is 1. The van der Waals surface area contributed by atoms with Crippen LogP contribution in [0.4, 0.5) is 5.69 Å². The maximum Gasteiger partial charge on any atom is 0.241 e. The number of benzene rings is 1. The molecule has 6 heteroatoms. The van der Waals surface area contributed by atoms with Gasteiger partial charge in [0.25, 0.3) is 0 Å². The molecule has 1 atom stereocenters. The lowest BCUT2D eigenvalue weighted by molar-refractivity contribution is -0.120. The Bertz CT molecular complexity index is 881. The fourth-order valence-corrected chi connectivity index (χ4v) is 3.34. The molecule has 3 heterocycles. The zero-order valence-corrected chi connectivity index (χ0v) is 14.9. The number of likely N-dealkylation sites (tertiary alicyclic amines) is 1. The van der Waals surface area contributed by atoms with Gasteiger partial charge in [-0.15, -0.1) is 0 Å². The fourth-order valence-electron chi connectivity index (χ4n) is 3.34. The van der Waals surface area contributed by atoms with E-state index in [0.717, 1.165) is 24.9 Å². The van der Waals surface area contributed by atoms with Crippen LogP contribution < -0.4 is 10.1 Å². The summed E-state index contributed by atoms with van der Waals surface area (Å²) in [6.45, 7) is 1.61. The highest BCUT2D eigenvalue weighted by molar-refractivity contribution is 5.96. The second kappa shape index (κ2) is 8.05. The van der Waals surface area contributed by atoms with Crippen LogP contribution in [0.1, 0.15) is 18.4 Å². The molecule has 0 bridgehead atoms. The molecule has 1 aliphatic heterocycles. The molecule has 1 aliphatic rings. The number of carbonyl (C=O) groups excluding carboxylic acids is 1. The Balaban J connectivity index is 1.46. The van der Waals surface area contributed by atoms with Gasteiger partial charge in [0.2, 0.25) is 5.91 Å². The van der Waals surface area contributed by atoms with Gasteiger partial charge in [-0.05, 0) is 49.7 Å². The van der Waals surface area contributed by atoms with Crippen LogP contribution in [0.3, 0.4) is 0 Å². The maximum absolute atomic E-state index is 12.9. The summed E-state index contributed by atoms with van der Waals surface area (Å²) < 4.78 is 11.0. The highest BCUT2D eigenvalue weighted by atomic mass is 16.5. The van der Waals surface area contributed by atoms with Gasteiger partial charge < -0.3 is 14.5 Å². The Kier molecular flexibility index (Phi) is 5.16. The molecule has 27 heavy (non-hydrogen) atoms. The van der Waals surface area contributed by atoms with Gasteiger partial charge in [0.15, 0.2) is 5.75 Å². The number of aromatic nitrogens is 1. The van der Waals surface area contributed by atoms with E-state index in [4.69, 9.17) is 9.15 Å². The lowest BCUT2D eigenvalue weighted by Crippen LogP contribution is -2.39. The summed E-state index contributed by atoms with van der Waals surface area (Å²) in [7, 11) is 0. The Hall–Kier alpha value is -3.12. The van der Waals surface area contributed by atoms with Crippen molar-refractivity contribution in [2.75, 3.05) is 11.9 Å². The highest BCUT2D eigenvalue weighted by Crippen LogP contribution is 2.30. The van der Waals surface area contributed by atoms with Gasteiger partial charge in [0, 0.05) is 18.3 Å². The molecular formula is C21H21N3O3. The standard InChI is InChI=1S/C21H21N3O3/c25-21(19-7-4-11-24(19)14-16-9-12-26-15-16)23-18-6-1-2-8-20(18)27-17-5-3-10-22-13-17/h1-3,5-6,8-10,12-13,15,19H,4,7,11,14H2,(H,23,25)/t19-/m1/s1. The zero-order valence-electron chi connectivity index (χ0n) is 14.9. The number of hydrogen-bond acceptors (Lipinski definition) is 5. The summed E-state index contributed by atoms with van der Waals surface area (Å²) >= 11 is 0. The second-order valence-electron chi connectivity index (χ2n) is 6.54. The Morgan fingerprint density at radius 3 is 3.00 bits per heavy atom. The number of hydrogen-bond donors (Lipinski definition) is 1. The highest BCUT2D eigenvalue weighted by Gasteiger charge is 2.31. The van der Waals surface area contributed by atoms with Crippen LogP contribution in [0.5, 0.6) is 11.5 Å². The predicted octanol–water partition coefficient (Wildman–Crippen LogP) is 4.07. The van der Waals surface area contributed by atoms with Crippen molar-refractivity contribution >= 4 is 11.6 Å². The minimum atomic E-state index is -0.161. The summed E-state index contributed by atoms with van der Waals surface area (Å²) in [5, 5.41) is 3.03. The number of nitrogens with zero attached hydrogens (tertiary/aromatic N) is 2. The smallest absolute Gasteiger partial charge is 0.241 e. The van der Waals surface area contributed by atoms with Crippen LogP contribution in [-0.4, -0.2) is 28.4 Å². The third-order valence-corrected chi connectivity index (χ3v) is 4.64. The molecule has 1 amide bonds. The van der Waals surface area contributed by atoms with E-state index in [9.17, 15) is 4.79 Å². The average Bonchev–Trinajstić information content (AvgIpc) is 3.37. The van der Waals surface area contributed by atoms with Gasteiger partial charge in [0.1, 0.15) is 5.75 Å². The summed E-state index contributed by atoms with van der Waals surface area (Å²) in [6.07, 6.45) is 8.56. The van der Waals surface area contributed by atoms with Crippen molar-refractivity contribution in [3.63, 3.8) is 0 Å². The maximum atomic E-state index is 12.9. The zero-order chi connectivity index (χ0) is 18.5. The number of ether oxygens (including phenoxy) is 1. The van der Waals surface area contributed by atoms with Crippen LogP contribution in [0.2, 0.25) is 0 Å². The molecule has 0 spiro atoms. The van der Waals surface area contributed by atoms with Crippen LogP contribution >= 0.6 is 0 Å². The molecule has 1 saturated heterocycles. The van der Waals surface area contributed by atoms with Gasteiger partial charge in [-0.2, -0.15) is 0 Å². The molecule has 138 valence electrons. The predicted molar refractivity (Wildman–Crippen MR) is 102 cm³/mol. The summed E-state index contributed by atoms with van der Waals surface area (Å²) in [5.41, 5.74) is 1.73. The molecule has 0 unspecified atom stereocenters. The Labute approximate surface area is 157 Å². The fraction of sp³-hybridized carbons (Fsp3) is 0.238. The van der Waals surface area contributed by atoms with Crippen molar-refractivity contribution in [1.29, 1.82) is 0 Å². The summed E-state index contributed by atoms with van der Waals surface area (Å²) in [5.74, 6) is 1.21. The summed E-state index contributed by atoms with van der Waals surface area (Å²) in [6, 6.07) is 12.8. The lowest BCUT2D eigenvalue weighted by atomic mass is 10.2. The number of amides is 1. The average molecular weight is 363 g/mol. The van der Waals surface area contributed by atoms with E-state index < -0.39 is 0 Å². The molecule has 4 rings (SSSR count). The monoisotopic (exact) mass is 363 g/mol. The normalized spacial score (nSPS) is 17.0. The van der Waals surface area contributed by atoms with Gasteiger partial charge in [-0.1, -0.05) is 12.1 Å². The van der Waals surface area contributed by atoms with E-state index in [1.165, 1.54) is 0 Å². The molecular weight excluding hydrogens is 342 g/mol. The van der Waals surface area contributed by atoms with Gasteiger partial charge in [0.05, 0.1) is 30.5 Å². The van der Waals surface area contributed by atoms with Crippen LogP contribution in [-0.2, 0) is 11.3 Å². The molecule has 6 nitrogen and oxygen atoms in total. The van der Waals surface area contributed by atoms with Gasteiger partial charge in [-0.25, -0.2) is 0 Å². The number of furan rings is 1. The van der Waals surface area contributed by atoms with Crippen LogP contribution in [0.25, 0.3) is 0 Å². The van der Waals surface area contributed by atoms with Gasteiger partial charge in [-0.3, -0.25) is 14.7 Å². The van der Waals surface area contributed by atoms with E-state index in [0.29, 0.717) is 23.7 Å². The van der Waals surface area contributed by atoms with Crippen molar-refractivity contribution in [3.8, 4) is 11.5 Å². The first-order valence-electron chi connectivity index (χ1n) is 9.02. The van der Waals surface area contributed by atoms with Gasteiger partial charge >= 0.3 is 0 Å². The largest absolute Gasteiger partial charge is 0.472 e. The van der Waals surface area contributed by atoms with Crippen molar-refractivity contribution in [3.05, 3.63) is 72.9 Å². The molecule has 0 radical (unpaired) electrons. The molecule has 2 aromatic heterocycles. The van der Waals surface area contributed by atoms with E-state index >= 15 is 0 Å². The number of nitrogens with one attached hydrogen (secondary N) is 1. The topological polar surface area (TPSA) is 67.6 Å². The Morgan fingerprint density at radius 1 is 1.26 bits per heavy atom. The van der Waals surface area contributed by atoms with Crippen LogP contribution in [0.15, 0.2) is 71.8 Å². The molecule has 0 aliphatic carbocycles. The molecule has 0 saturated carbocycles. The SMILES string of the molecule is O=C(Nc1ccccc1Oc1cccnc1)[C@H]1CCCN1Cc1ccoc1. The third-order valence-electron chi connectivity index (χ3n) is 4.64. The quantitative estimate of drug-likeness (QED) is 0.715. The first-order valence-corrected chi connectivity index (χ1v) is 9.02. The summed E-state index contributed by atoms with van der Waals surface area (Å²) in [4.78, 5) is 19.2. The number of pyridine rings is 1. The second-order valence-corrected chi connectivity index (χ2v) is 6.54. The van der Waals surface area contributed by atoms with E-state index in [-0.39, 0.29) is 11.9 Å². The van der Waals surface area contributed by atoms with E-state index in [1.807, 2.05) is 42.5 Å².